The maximum atomic E-state index is 10.8. The third-order valence-corrected chi connectivity index (χ3v) is 4.00. The summed E-state index contributed by atoms with van der Waals surface area (Å²) in [5.41, 5.74) is 8.26. The van der Waals surface area contributed by atoms with E-state index < -0.39 is 12.0 Å². The number of hydrogen-bond acceptors (Lipinski definition) is 3. The Bertz CT molecular complexity index is 462. The van der Waals surface area contributed by atoms with Gasteiger partial charge in [0, 0.05) is 13.1 Å². The SMILES string of the molecule is Cc1cccc(CN2CCCC(CC(N)C(=O)O)C2)c1. The lowest BCUT2D eigenvalue weighted by Crippen LogP contribution is -2.39. The van der Waals surface area contributed by atoms with Crippen molar-refractivity contribution in [3.05, 3.63) is 35.4 Å². The molecule has 1 aromatic carbocycles. The van der Waals surface area contributed by atoms with Gasteiger partial charge in [-0.2, -0.15) is 0 Å². The van der Waals surface area contributed by atoms with Gasteiger partial charge in [-0.25, -0.2) is 0 Å². The predicted octanol–water partition coefficient (Wildman–Crippen LogP) is 2.01. The van der Waals surface area contributed by atoms with E-state index >= 15 is 0 Å². The molecule has 2 atom stereocenters. The van der Waals surface area contributed by atoms with E-state index in [1.807, 2.05) is 0 Å². The molecule has 1 saturated heterocycles. The standard InChI is InChI=1S/C16H24N2O2/c1-12-4-2-5-13(8-12)10-18-7-3-6-14(11-18)9-15(17)16(19)20/h2,4-5,8,14-15H,3,6-7,9-11,17H2,1H3,(H,19,20). The van der Waals surface area contributed by atoms with Crippen molar-refractivity contribution in [2.24, 2.45) is 11.7 Å². The van der Waals surface area contributed by atoms with Crippen LogP contribution in [0.3, 0.4) is 0 Å². The number of aryl methyl sites for hydroxylation is 1. The summed E-state index contributed by atoms with van der Waals surface area (Å²) in [7, 11) is 0. The number of benzene rings is 1. The summed E-state index contributed by atoms with van der Waals surface area (Å²) < 4.78 is 0. The molecule has 1 aliphatic heterocycles. The summed E-state index contributed by atoms with van der Waals surface area (Å²) >= 11 is 0. The van der Waals surface area contributed by atoms with Gasteiger partial charge < -0.3 is 10.8 Å². The molecule has 3 N–H and O–H groups in total. The lowest BCUT2D eigenvalue weighted by atomic mass is 9.91. The van der Waals surface area contributed by atoms with Crippen LogP contribution in [0.5, 0.6) is 0 Å². The molecule has 0 amide bonds. The highest BCUT2D eigenvalue weighted by atomic mass is 16.4. The van der Waals surface area contributed by atoms with Crippen LogP contribution in [-0.2, 0) is 11.3 Å². The predicted molar refractivity (Wildman–Crippen MR) is 79.4 cm³/mol. The van der Waals surface area contributed by atoms with Crippen LogP contribution in [0.2, 0.25) is 0 Å². The van der Waals surface area contributed by atoms with E-state index in [2.05, 4.69) is 36.1 Å². The summed E-state index contributed by atoms with van der Waals surface area (Å²) in [6.45, 7) is 5.09. The molecule has 0 aliphatic carbocycles. The third-order valence-electron chi connectivity index (χ3n) is 4.00. The number of piperidine rings is 1. The number of nitrogens with zero attached hydrogens (tertiary/aromatic N) is 1. The lowest BCUT2D eigenvalue weighted by Gasteiger charge is -2.33. The Morgan fingerprint density at radius 2 is 2.35 bits per heavy atom. The topological polar surface area (TPSA) is 66.6 Å². The molecule has 0 spiro atoms. The molecule has 2 rings (SSSR count). The monoisotopic (exact) mass is 276 g/mol. The van der Waals surface area contributed by atoms with Crippen molar-refractivity contribution in [2.75, 3.05) is 13.1 Å². The van der Waals surface area contributed by atoms with Crippen LogP contribution in [0.4, 0.5) is 0 Å². The number of aliphatic carboxylic acids is 1. The Labute approximate surface area is 120 Å². The average molecular weight is 276 g/mol. The van der Waals surface area contributed by atoms with Gasteiger partial charge in [0.1, 0.15) is 6.04 Å². The molecule has 4 nitrogen and oxygen atoms in total. The first kappa shape index (κ1) is 15.0. The van der Waals surface area contributed by atoms with Gasteiger partial charge in [-0.1, -0.05) is 29.8 Å². The molecule has 0 aromatic heterocycles. The van der Waals surface area contributed by atoms with Crippen molar-refractivity contribution in [1.82, 2.24) is 4.90 Å². The van der Waals surface area contributed by atoms with Crippen molar-refractivity contribution in [1.29, 1.82) is 0 Å². The summed E-state index contributed by atoms with van der Waals surface area (Å²) in [6.07, 6.45) is 2.80. The highest BCUT2D eigenvalue weighted by Gasteiger charge is 2.24. The van der Waals surface area contributed by atoms with Crippen LogP contribution in [-0.4, -0.2) is 35.1 Å². The fraction of sp³-hybridized carbons (Fsp3) is 0.562. The first-order valence-corrected chi connectivity index (χ1v) is 7.31. The maximum absolute atomic E-state index is 10.8. The Hall–Kier alpha value is -1.39. The normalized spacial score (nSPS) is 21.6. The van der Waals surface area contributed by atoms with Crippen molar-refractivity contribution >= 4 is 5.97 Å². The Kier molecular flexibility index (Phi) is 5.15. The summed E-state index contributed by atoms with van der Waals surface area (Å²) in [5, 5.41) is 8.91. The van der Waals surface area contributed by atoms with Crippen LogP contribution in [0.25, 0.3) is 0 Å². The van der Waals surface area contributed by atoms with Gasteiger partial charge in [-0.3, -0.25) is 9.69 Å². The van der Waals surface area contributed by atoms with Gasteiger partial charge in [-0.05, 0) is 44.2 Å². The number of likely N-dealkylation sites (tertiary alicyclic amines) is 1. The molecule has 20 heavy (non-hydrogen) atoms. The number of carbonyl (C=O) groups is 1. The van der Waals surface area contributed by atoms with Crippen LogP contribution in [0.15, 0.2) is 24.3 Å². The van der Waals surface area contributed by atoms with E-state index in [0.717, 1.165) is 32.5 Å². The number of rotatable bonds is 5. The molecular formula is C16H24N2O2. The lowest BCUT2D eigenvalue weighted by molar-refractivity contribution is -0.139. The molecular weight excluding hydrogens is 252 g/mol. The number of carboxylic acids is 1. The van der Waals surface area contributed by atoms with Crippen molar-refractivity contribution in [3.8, 4) is 0 Å². The molecule has 2 unspecified atom stereocenters. The van der Waals surface area contributed by atoms with E-state index in [1.165, 1.54) is 11.1 Å². The summed E-state index contributed by atoms with van der Waals surface area (Å²) in [5.74, 6) is -0.486. The fourth-order valence-electron chi connectivity index (χ4n) is 3.02. The molecule has 110 valence electrons. The molecule has 0 bridgehead atoms. The minimum atomic E-state index is -0.888. The number of carboxylic acid groups (broad SMARTS) is 1. The highest BCUT2D eigenvalue weighted by molar-refractivity contribution is 5.73. The minimum Gasteiger partial charge on any atom is -0.480 e. The number of hydrogen-bond donors (Lipinski definition) is 2. The van der Waals surface area contributed by atoms with E-state index in [1.54, 1.807) is 0 Å². The van der Waals surface area contributed by atoms with Crippen LogP contribution in [0, 0.1) is 12.8 Å². The molecule has 1 fully saturated rings. The third kappa shape index (κ3) is 4.32. The zero-order valence-electron chi connectivity index (χ0n) is 12.1. The first-order chi connectivity index (χ1) is 9.54. The van der Waals surface area contributed by atoms with Crippen molar-refractivity contribution in [2.45, 2.75) is 38.8 Å². The van der Waals surface area contributed by atoms with Crippen LogP contribution >= 0.6 is 0 Å². The zero-order chi connectivity index (χ0) is 14.5. The largest absolute Gasteiger partial charge is 0.480 e. The second kappa shape index (κ2) is 6.86. The van der Waals surface area contributed by atoms with E-state index in [0.29, 0.717) is 12.3 Å². The highest BCUT2D eigenvalue weighted by Crippen LogP contribution is 2.22. The van der Waals surface area contributed by atoms with Crippen molar-refractivity contribution in [3.63, 3.8) is 0 Å². The van der Waals surface area contributed by atoms with Gasteiger partial charge in [-0.15, -0.1) is 0 Å². The smallest absolute Gasteiger partial charge is 0.320 e. The van der Waals surface area contributed by atoms with Crippen molar-refractivity contribution < 1.29 is 9.90 Å². The molecule has 0 radical (unpaired) electrons. The quantitative estimate of drug-likeness (QED) is 0.863. The van der Waals surface area contributed by atoms with Crippen LogP contribution in [0.1, 0.15) is 30.4 Å². The van der Waals surface area contributed by atoms with E-state index in [4.69, 9.17) is 10.8 Å². The number of nitrogens with two attached hydrogens (primary N) is 1. The van der Waals surface area contributed by atoms with Gasteiger partial charge in [0.2, 0.25) is 0 Å². The Morgan fingerprint density at radius 3 is 3.05 bits per heavy atom. The molecule has 1 aromatic rings. The van der Waals surface area contributed by atoms with Gasteiger partial charge in [0.15, 0.2) is 0 Å². The van der Waals surface area contributed by atoms with Crippen LogP contribution < -0.4 is 5.73 Å². The maximum Gasteiger partial charge on any atom is 0.320 e. The minimum absolute atomic E-state index is 0.402. The Balaban J connectivity index is 1.88. The molecule has 1 heterocycles. The molecule has 0 saturated carbocycles. The fourth-order valence-corrected chi connectivity index (χ4v) is 3.02. The summed E-state index contributed by atoms with van der Waals surface area (Å²) in [4.78, 5) is 13.3. The molecule has 1 aliphatic rings. The summed E-state index contributed by atoms with van der Waals surface area (Å²) in [6, 6.07) is 7.84. The van der Waals surface area contributed by atoms with E-state index in [-0.39, 0.29) is 0 Å². The first-order valence-electron chi connectivity index (χ1n) is 7.31. The second-order valence-corrected chi connectivity index (χ2v) is 5.91. The van der Waals surface area contributed by atoms with Gasteiger partial charge in [0.25, 0.3) is 0 Å². The van der Waals surface area contributed by atoms with Gasteiger partial charge in [0.05, 0.1) is 0 Å². The van der Waals surface area contributed by atoms with E-state index in [9.17, 15) is 4.79 Å². The average Bonchev–Trinajstić information content (AvgIpc) is 2.39. The Morgan fingerprint density at radius 1 is 1.55 bits per heavy atom. The zero-order valence-corrected chi connectivity index (χ0v) is 12.1. The van der Waals surface area contributed by atoms with Gasteiger partial charge >= 0.3 is 5.97 Å². The molecule has 4 heteroatoms. The second-order valence-electron chi connectivity index (χ2n) is 5.91.